The molecule has 2 N–H and O–H groups in total. The van der Waals surface area contributed by atoms with Gasteiger partial charge in [0.05, 0.1) is 6.04 Å². The molecule has 0 saturated carbocycles. The minimum Gasteiger partial charge on any atom is -0.366 e. The Morgan fingerprint density at radius 3 is 2.09 bits per heavy atom. The number of fused-ring (bicyclic) bond motifs is 1. The number of hydrogen-bond donors (Lipinski definition) is 2. The van der Waals surface area contributed by atoms with Gasteiger partial charge in [-0.1, -0.05) is 72.3 Å². The zero-order valence-corrected chi connectivity index (χ0v) is 13.3. The molecule has 114 valence electrons. The largest absolute Gasteiger partial charge is 0.366 e. The second-order valence-corrected chi connectivity index (χ2v) is 6.17. The van der Waals surface area contributed by atoms with E-state index < -0.39 is 0 Å². The van der Waals surface area contributed by atoms with Crippen molar-refractivity contribution < 1.29 is 0 Å². The fourth-order valence-corrected chi connectivity index (χ4v) is 3.28. The first-order valence-corrected chi connectivity index (χ1v) is 8.11. The molecule has 0 aliphatic carbocycles. The van der Waals surface area contributed by atoms with E-state index in [4.69, 9.17) is 11.6 Å². The number of benzene rings is 3. The highest BCUT2D eigenvalue weighted by Crippen LogP contribution is 2.37. The number of halogens is 1. The first-order valence-electron chi connectivity index (χ1n) is 7.73. The number of rotatable bonds is 2. The number of anilines is 1. The van der Waals surface area contributed by atoms with Crippen LogP contribution in [0.1, 0.15) is 28.9 Å². The summed E-state index contributed by atoms with van der Waals surface area (Å²) in [6.07, 6.45) is 0.0649. The highest BCUT2D eigenvalue weighted by Gasteiger charge is 2.27. The van der Waals surface area contributed by atoms with Crippen LogP contribution < -0.4 is 10.6 Å². The summed E-state index contributed by atoms with van der Waals surface area (Å²) in [5, 5.41) is 8.03. The van der Waals surface area contributed by atoms with Crippen molar-refractivity contribution in [3.8, 4) is 0 Å². The Labute approximate surface area is 141 Å². The molecule has 1 aliphatic rings. The molecule has 2 atom stereocenters. The van der Waals surface area contributed by atoms with Crippen LogP contribution in [0.4, 0.5) is 5.69 Å². The van der Waals surface area contributed by atoms with Gasteiger partial charge in [0, 0.05) is 10.7 Å². The maximum atomic E-state index is 6.23. The van der Waals surface area contributed by atoms with Crippen LogP contribution in [0.25, 0.3) is 0 Å². The summed E-state index contributed by atoms with van der Waals surface area (Å²) in [6.45, 7) is 0. The summed E-state index contributed by atoms with van der Waals surface area (Å²) in [5.41, 5.74) is 4.75. The van der Waals surface area contributed by atoms with Crippen molar-refractivity contribution >= 4 is 17.3 Å². The first-order chi connectivity index (χ1) is 11.3. The molecule has 0 fully saturated rings. The maximum absolute atomic E-state index is 6.23. The predicted octanol–water partition coefficient (Wildman–Crippen LogP) is 5.14. The average Bonchev–Trinajstić information content (AvgIpc) is 2.62. The highest BCUT2D eigenvalue weighted by molar-refractivity contribution is 6.30. The molecule has 0 aromatic heterocycles. The van der Waals surface area contributed by atoms with E-state index in [-0.39, 0.29) is 12.2 Å². The van der Waals surface area contributed by atoms with Crippen LogP contribution in [-0.4, -0.2) is 0 Å². The summed E-state index contributed by atoms with van der Waals surface area (Å²) in [6, 6.07) is 27.0. The second-order valence-electron chi connectivity index (χ2n) is 5.73. The van der Waals surface area contributed by atoms with Gasteiger partial charge >= 0.3 is 0 Å². The Bertz CT molecular complexity index is 802. The van der Waals surface area contributed by atoms with Crippen LogP contribution >= 0.6 is 11.6 Å². The van der Waals surface area contributed by atoms with Gasteiger partial charge in [0.2, 0.25) is 0 Å². The van der Waals surface area contributed by atoms with E-state index >= 15 is 0 Å². The lowest BCUT2D eigenvalue weighted by Crippen LogP contribution is -2.37. The van der Waals surface area contributed by atoms with Gasteiger partial charge in [0.1, 0.15) is 6.17 Å². The summed E-state index contributed by atoms with van der Waals surface area (Å²) in [7, 11) is 0. The van der Waals surface area contributed by atoms with E-state index in [1.165, 1.54) is 16.7 Å². The number of hydrogen-bond acceptors (Lipinski definition) is 2. The van der Waals surface area contributed by atoms with Crippen molar-refractivity contribution in [2.45, 2.75) is 12.2 Å². The van der Waals surface area contributed by atoms with Crippen molar-refractivity contribution in [2.24, 2.45) is 0 Å². The molecular formula is C20H17ClN2. The molecule has 0 spiro atoms. The molecule has 3 aromatic rings. The van der Waals surface area contributed by atoms with Gasteiger partial charge < -0.3 is 5.32 Å². The van der Waals surface area contributed by atoms with Crippen molar-refractivity contribution in [3.63, 3.8) is 0 Å². The van der Waals surface area contributed by atoms with Gasteiger partial charge in [-0.05, 0) is 34.9 Å². The normalized spacial score (nSPS) is 19.7. The Balaban J connectivity index is 1.79. The van der Waals surface area contributed by atoms with E-state index in [1.54, 1.807) is 0 Å². The lowest BCUT2D eigenvalue weighted by Gasteiger charge is -2.35. The zero-order valence-electron chi connectivity index (χ0n) is 12.5. The molecule has 0 radical (unpaired) electrons. The van der Waals surface area contributed by atoms with E-state index in [1.807, 2.05) is 24.3 Å². The Morgan fingerprint density at radius 1 is 0.739 bits per heavy atom. The van der Waals surface area contributed by atoms with E-state index in [9.17, 15) is 0 Å². The third-order valence-electron chi connectivity index (χ3n) is 4.22. The van der Waals surface area contributed by atoms with Gasteiger partial charge in [-0.15, -0.1) is 0 Å². The van der Waals surface area contributed by atoms with E-state index in [0.29, 0.717) is 0 Å². The molecule has 3 heteroatoms. The standard InChI is InChI=1S/C20H17ClN2/c21-16-11-12-18-17(13-16)19(14-7-3-1-4-8-14)23-20(22-18)15-9-5-2-6-10-15/h1-13,19-20,22-23H/t19-,20+/m1/s1. The summed E-state index contributed by atoms with van der Waals surface area (Å²) >= 11 is 6.23. The maximum Gasteiger partial charge on any atom is 0.104 e. The SMILES string of the molecule is Clc1ccc2c(c1)[C@@H](c1ccccc1)N[C@@H](c1ccccc1)N2. The molecule has 0 amide bonds. The second kappa shape index (κ2) is 6.07. The van der Waals surface area contributed by atoms with Gasteiger partial charge in [0.15, 0.2) is 0 Å². The number of nitrogens with one attached hydrogen (secondary N) is 2. The van der Waals surface area contributed by atoms with Gasteiger partial charge in [-0.25, -0.2) is 0 Å². The fraction of sp³-hybridized carbons (Fsp3) is 0.100. The minimum absolute atomic E-state index is 0.0649. The van der Waals surface area contributed by atoms with Gasteiger partial charge in [-0.3, -0.25) is 5.32 Å². The summed E-state index contributed by atoms with van der Waals surface area (Å²) < 4.78 is 0. The van der Waals surface area contributed by atoms with Crippen LogP contribution in [0.5, 0.6) is 0 Å². The van der Waals surface area contributed by atoms with Crippen molar-refractivity contribution in [1.29, 1.82) is 0 Å². The molecule has 1 aliphatic heterocycles. The molecular weight excluding hydrogens is 304 g/mol. The molecule has 3 aromatic carbocycles. The first kappa shape index (κ1) is 14.3. The van der Waals surface area contributed by atoms with Crippen molar-refractivity contribution in [1.82, 2.24) is 5.32 Å². The average molecular weight is 321 g/mol. The molecule has 23 heavy (non-hydrogen) atoms. The highest BCUT2D eigenvalue weighted by atomic mass is 35.5. The van der Waals surface area contributed by atoms with Gasteiger partial charge in [0.25, 0.3) is 0 Å². The van der Waals surface area contributed by atoms with Crippen LogP contribution in [-0.2, 0) is 0 Å². The van der Waals surface area contributed by atoms with Crippen LogP contribution in [0.3, 0.4) is 0 Å². The summed E-state index contributed by atoms with van der Waals surface area (Å²) in [4.78, 5) is 0. The monoisotopic (exact) mass is 320 g/mol. The topological polar surface area (TPSA) is 24.1 Å². The van der Waals surface area contributed by atoms with Crippen molar-refractivity contribution in [3.05, 3.63) is 101 Å². The van der Waals surface area contributed by atoms with Crippen LogP contribution in [0, 0.1) is 0 Å². The quantitative estimate of drug-likeness (QED) is 0.683. The smallest absolute Gasteiger partial charge is 0.104 e. The zero-order chi connectivity index (χ0) is 15.6. The third kappa shape index (κ3) is 2.83. The lowest BCUT2D eigenvalue weighted by atomic mass is 9.93. The van der Waals surface area contributed by atoms with E-state index in [2.05, 4.69) is 65.2 Å². The lowest BCUT2D eigenvalue weighted by molar-refractivity contribution is 0.506. The Hall–Kier alpha value is -2.29. The Kier molecular flexibility index (Phi) is 3.78. The molecule has 0 unspecified atom stereocenters. The minimum atomic E-state index is 0.0649. The molecule has 0 saturated heterocycles. The van der Waals surface area contributed by atoms with Gasteiger partial charge in [-0.2, -0.15) is 0 Å². The Morgan fingerprint density at radius 2 is 1.39 bits per heavy atom. The molecule has 0 bridgehead atoms. The van der Waals surface area contributed by atoms with Crippen LogP contribution in [0.2, 0.25) is 5.02 Å². The molecule has 1 heterocycles. The fourth-order valence-electron chi connectivity index (χ4n) is 3.10. The molecule has 2 nitrogen and oxygen atoms in total. The van der Waals surface area contributed by atoms with Crippen molar-refractivity contribution in [2.75, 3.05) is 5.32 Å². The van der Waals surface area contributed by atoms with E-state index in [0.717, 1.165) is 10.7 Å². The molecule has 4 rings (SSSR count). The predicted molar refractivity (Wildman–Crippen MR) is 95.7 cm³/mol. The summed E-state index contributed by atoms with van der Waals surface area (Å²) in [5.74, 6) is 0. The third-order valence-corrected chi connectivity index (χ3v) is 4.46. The van der Waals surface area contributed by atoms with Crippen LogP contribution in [0.15, 0.2) is 78.9 Å².